The molecule has 48 heavy (non-hydrogen) atoms. The van der Waals surface area contributed by atoms with E-state index in [0.29, 0.717) is 11.8 Å². The number of phenolic OH excluding ortho intramolecular Hbond substituents is 4. The Labute approximate surface area is 280 Å². The zero-order valence-electron chi connectivity index (χ0n) is 26.9. The normalized spacial score (nSPS) is 18.0. The third-order valence-corrected chi connectivity index (χ3v) is 8.63. The van der Waals surface area contributed by atoms with Crippen LogP contribution < -0.4 is 0 Å². The molecule has 2 saturated heterocycles. The highest BCUT2D eigenvalue weighted by Crippen LogP contribution is 2.34. The summed E-state index contributed by atoms with van der Waals surface area (Å²) in [6, 6.07) is 31.5. The summed E-state index contributed by atoms with van der Waals surface area (Å²) in [5, 5.41) is 53.0. The van der Waals surface area contributed by atoms with Gasteiger partial charge < -0.3 is 30.6 Å². The molecule has 6 rings (SSSR count). The van der Waals surface area contributed by atoms with E-state index in [4.69, 9.17) is 19.8 Å². The maximum atomic E-state index is 9.67. The number of carboxylic acids is 2. The fourth-order valence-electron chi connectivity index (χ4n) is 6.21. The number of rotatable bonds is 6. The molecule has 0 radical (unpaired) electrons. The van der Waals surface area contributed by atoms with Crippen molar-refractivity contribution in [3.8, 4) is 23.0 Å². The average Bonchev–Trinajstić information content (AvgIpc) is 3.09. The second-order valence-electron chi connectivity index (χ2n) is 12.2. The minimum Gasteiger partial charge on any atom is -0.504 e. The number of nitrogens with zero attached hydrogens (tertiary/aromatic N) is 2. The van der Waals surface area contributed by atoms with Crippen molar-refractivity contribution >= 4 is 11.9 Å². The zero-order chi connectivity index (χ0) is 34.5. The van der Waals surface area contributed by atoms with Gasteiger partial charge in [-0.05, 0) is 97.1 Å². The number of phenols is 4. The molecule has 2 aliphatic heterocycles. The lowest BCUT2D eigenvalue weighted by atomic mass is 9.90. The van der Waals surface area contributed by atoms with Crippen molar-refractivity contribution in [2.45, 2.75) is 50.6 Å². The second-order valence-corrected chi connectivity index (χ2v) is 12.2. The van der Waals surface area contributed by atoms with Crippen LogP contribution in [0.15, 0.2) is 97.1 Å². The summed E-state index contributed by atoms with van der Waals surface area (Å²) < 4.78 is 0. The Morgan fingerprint density at radius 3 is 1.25 bits per heavy atom. The predicted octanol–water partition coefficient (Wildman–Crippen LogP) is 6.11. The molecule has 10 nitrogen and oxygen atoms in total. The molecule has 0 bridgehead atoms. The van der Waals surface area contributed by atoms with Crippen molar-refractivity contribution in [1.82, 2.24) is 9.80 Å². The van der Waals surface area contributed by atoms with Crippen molar-refractivity contribution < 1.29 is 40.2 Å². The summed E-state index contributed by atoms with van der Waals surface area (Å²) in [6.45, 7) is 6.19. The number of likely N-dealkylation sites (tertiary alicyclic amines) is 2. The van der Waals surface area contributed by atoms with Gasteiger partial charge in [-0.1, -0.05) is 72.8 Å². The van der Waals surface area contributed by atoms with E-state index in [-0.39, 0.29) is 23.0 Å². The Hall–Kier alpha value is -5.06. The third kappa shape index (κ3) is 11.0. The first-order chi connectivity index (χ1) is 23.1. The molecule has 2 unspecified atom stereocenters. The van der Waals surface area contributed by atoms with E-state index in [1.807, 2.05) is 24.3 Å². The van der Waals surface area contributed by atoms with Gasteiger partial charge in [-0.25, -0.2) is 9.59 Å². The largest absolute Gasteiger partial charge is 0.504 e. The molecule has 254 valence electrons. The van der Waals surface area contributed by atoms with Gasteiger partial charge in [-0.3, -0.25) is 9.80 Å². The molecular formula is C38H44N2O8. The van der Waals surface area contributed by atoms with Crippen LogP contribution in [-0.2, 0) is 22.7 Å². The van der Waals surface area contributed by atoms with Crippen molar-refractivity contribution in [3.63, 3.8) is 0 Å². The van der Waals surface area contributed by atoms with E-state index in [1.54, 1.807) is 24.3 Å². The Bertz CT molecular complexity index is 1500. The van der Waals surface area contributed by atoms with E-state index < -0.39 is 11.9 Å². The van der Waals surface area contributed by atoms with Crippen LogP contribution in [0.5, 0.6) is 23.0 Å². The Kier molecular flexibility index (Phi) is 13.2. The van der Waals surface area contributed by atoms with E-state index in [0.717, 1.165) is 63.2 Å². The summed E-state index contributed by atoms with van der Waals surface area (Å²) >= 11 is 0. The van der Waals surface area contributed by atoms with Crippen molar-refractivity contribution in [2.75, 3.05) is 26.2 Å². The highest BCUT2D eigenvalue weighted by molar-refractivity contribution is 6.27. The van der Waals surface area contributed by atoms with Gasteiger partial charge in [0.1, 0.15) is 0 Å². The number of hydrogen-bond acceptors (Lipinski definition) is 8. The Morgan fingerprint density at radius 2 is 0.917 bits per heavy atom. The van der Waals surface area contributed by atoms with Crippen LogP contribution in [0.25, 0.3) is 0 Å². The average molecular weight is 657 g/mol. The first-order valence-electron chi connectivity index (χ1n) is 16.1. The first-order valence-corrected chi connectivity index (χ1v) is 16.1. The molecule has 2 fully saturated rings. The van der Waals surface area contributed by atoms with E-state index in [9.17, 15) is 20.4 Å². The van der Waals surface area contributed by atoms with Crippen LogP contribution in [0.4, 0.5) is 0 Å². The smallest absolute Gasteiger partial charge is 0.414 e. The summed E-state index contributed by atoms with van der Waals surface area (Å²) in [5.74, 6) is -2.93. The number of benzene rings is 4. The monoisotopic (exact) mass is 656 g/mol. The first kappa shape index (κ1) is 35.8. The fraction of sp³-hybridized carbons (Fsp3) is 0.316. The minimum absolute atomic E-state index is 0.0207. The lowest BCUT2D eigenvalue weighted by Gasteiger charge is -2.33. The van der Waals surface area contributed by atoms with Gasteiger partial charge in [0.05, 0.1) is 0 Å². The topological polar surface area (TPSA) is 162 Å². The van der Waals surface area contributed by atoms with Crippen LogP contribution in [0, 0.1) is 0 Å². The lowest BCUT2D eigenvalue weighted by molar-refractivity contribution is -0.159. The fourth-order valence-corrected chi connectivity index (χ4v) is 6.21. The Morgan fingerprint density at radius 1 is 0.542 bits per heavy atom. The molecule has 0 saturated carbocycles. The predicted molar refractivity (Wildman–Crippen MR) is 182 cm³/mol. The highest BCUT2D eigenvalue weighted by atomic mass is 16.4. The van der Waals surface area contributed by atoms with Gasteiger partial charge in [-0.15, -0.1) is 0 Å². The van der Waals surface area contributed by atoms with Gasteiger partial charge in [0.25, 0.3) is 0 Å². The highest BCUT2D eigenvalue weighted by Gasteiger charge is 2.23. The van der Waals surface area contributed by atoms with Gasteiger partial charge in [-0.2, -0.15) is 0 Å². The summed E-state index contributed by atoms with van der Waals surface area (Å²) in [6.07, 6.45) is 4.60. The van der Waals surface area contributed by atoms with E-state index in [1.165, 1.54) is 24.0 Å². The van der Waals surface area contributed by atoms with E-state index in [2.05, 4.69) is 58.3 Å². The SMILES string of the molecule is O=C(O)C(=O)O.Oc1ccc(C2CCCN(Cc3ccccc3)C2)cc1O.Oc1ccc(C2CCCN(Cc3ccccc3)C2)cc1O. The molecule has 0 amide bonds. The molecule has 0 aromatic heterocycles. The quantitative estimate of drug-likeness (QED) is 0.105. The molecule has 4 aromatic carbocycles. The number of aromatic hydroxyl groups is 4. The Balaban J connectivity index is 0.000000186. The maximum Gasteiger partial charge on any atom is 0.414 e. The van der Waals surface area contributed by atoms with Crippen molar-refractivity contribution in [2.24, 2.45) is 0 Å². The van der Waals surface area contributed by atoms with Gasteiger partial charge >= 0.3 is 11.9 Å². The van der Waals surface area contributed by atoms with Gasteiger partial charge in [0, 0.05) is 26.2 Å². The molecule has 2 aliphatic rings. The molecule has 2 atom stereocenters. The minimum atomic E-state index is -1.82. The summed E-state index contributed by atoms with van der Waals surface area (Å²) in [5.41, 5.74) is 4.91. The molecule has 0 aliphatic carbocycles. The third-order valence-electron chi connectivity index (χ3n) is 8.63. The lowest BCUT2D eigenvalue weighted by Crippen LogP contribution is -2.33. The number of hydrogen-bond donors (Lipinski definition) is 6. The standard InChI is InChI=1S/2C18H21NO2.C2H2O4/c2*20-17-9-8-15(11-18(17)21)16-7-4-10-19(13-16)12-14-5-2-1-3-6-14;3-1(4)2(5)6/h2*1-3,5-6,8-9,11,16,20-21H,4,7,10,12-13H2;(H,3,4)(H,5,6). The van der Waals surface area contributed by atoms with Crippen LogP contribution in [0.3, 0.4) is 0 Å². The van der Waals surface area contributed by atoms with Crippen LogP contribution in [-0.4, -0.2) is 78.6 Å². The van der Waals surface area contributed by atoms with Gasteiger partial charge in [0.2, 0.25) is 0 Å². The zero-order valence-corrected chi connectivity index (χ0v) is 26.9. The maximum absolute atomic E-state index is 9.67. The van der Waals surface area contributed by atoms with Crippen LogP contribution >= 0.6 is 0 Å². The second kappa shape index (κ2) is 17.7. The molecule has 10 heteroatoms. The van der Waals surface area contributed by atoms with E-state index >= 15 is 0 Å². The molecule has 0 spiro atoms. The summed E-state index contributed by atoms with van der Waals surface area (Å²) in [7, 11) is 0. The number of piperidine rings is 2. The van der Waals surface area contributed by atoms with Crippen molar-refractivity contribution in [1.29, 1.82) is 0 Å². The number of carbonyl (C=O) groups is 2. The van der Waals surface area contributed by atoms with Crippen LogP contribution in [0.1, 0.15) is 59.8 Å². The molecule has 4 aromatic rings. The number of aliphatic carboxylic acids is 2. The molecular weight excluding hydrogens is 612 g/mol. The summed E-state index contributed by atoms with van der Waals surface area (Å²) in [4.78, 5) is 23.1. The molecule has 6 N–H and O–H groups in total. The molecule has 2 heterocycles. The van der Waals surface area contributed by atoms with Gasteiger partial charge in [0.15, 0.2) is 23.0 Å². The van der Waals surface area contributed by atoms with Crippen molar-refractivity contribution in [3.05, 3.63) is 119 Å². The van der Waals surface area contributed by atoms with Crippen LogP contribution in [0.2, 0.25) is 0 Å². The number of carboxylic acid groups (broad SMARTS) is 2.